The van der Waals surface area contributed by atoms with Crippen LogP contribution in [0.3, 0.4) is 0 Å². The fourth-order valence-electron chi connectivity index (χ4n) is 2.55. The molecule has 1 unspecified atom stereocenters. The Morgan fingerprint density at radius 2 is 1.80 bits per heavy atom. The van der Waals surface area contributed by atoms with E-state index < -0.39 is 0 Å². The molecule has 1 rings (SSSR count). The van der Waals surface area contributed by atoms with Crippen LogP contribution in [0, 0.1) is 23.2 Å². The molecular formula is C13H24N2. The summed E-state index contributed by atoms with van der Waals surface area (Å²) in [5, 5.41) is 12.1. The quantitative estimate of drug-likeness (QED) is 0.770. The number of nitriles is 1. The molecule has 0 bridgehead atoms. The van der Waals surface area contributed by atoms with Crippen molar-refractivity contribution in [1.29, 1.82) is 5.26 Å². The third-order valence-corrected chi connectivity index (χ3v) is 3.63. The van der Waals surface area contributed by atoms with Crippen LogP contribution in [0.5, 0.6) is 0 Å². The topological polar surface area (TPSA) is 35.8 Å². The van der Waals surface area contributed by atoms with Crippen molar-refractivity contribution in [2.24, 2.45) is 11.8 Å². The highest BCUT2D eigenvalue weighted by atomic mass is 14.9. The van der Waals surface area contributed by atoms with Crippen molar-refractivity contribution in [3.8, 4) is 6.07 Å². The lowest BCUT2D eigenvalue weighted by Crippen LogP contribution is -2.39. The third kappa shape index (κ3) is 4.22. The standard InChI is InChI=1S/C13H24N2/c1-10(2)12-4-6-13(7-5-12)15-11(3)8-9-14/h10-13,15H,4-8H2,1-3H3. The predicted molar refractivity (Wildman–Crippen MR) is 63.4 cm³/mol. The Kier molecular flexibility index (Phi) is 5.11. The van der Waals surface area contributed by atoms with Crippen LogP contribution < -0.4 is 5.32 Å². The minimum atomic E-state index is 0.357. The normalized spacial score (nSPS) is 28.7. The maximum absolute atomic E-state index is 8.59. The van der Waals surface area contributed by atoms with Crippen molar-refractivity contribution in [2.45, 2.75) is 65.0 Å². The largest absolute Gasteiger partial charge is 0.310 e. The minimum absolute atomic E-state index is 0.357. The fourth-order valence-corrected chi connectivity index (χ4v) is 2.55. The Morgan fingerprint density at radius 3 is 2.27 bits per heavy atom. The van der Waals surface area contributed by atoms with E-state index in [9.17, 15) is 0 Å². The highest BCUT2D eigenvalue weighted by Crippen LogP contribution is 2.29. The van der Waals surface area contributed by atoms with E-state index in [-0.39, 0.29) is 0 Å². The van der Waals surface area contributed by atoms with Gasteiger partial charge in [0.1, 0.15) is 0 Å². The van der Waals surface area contributed by atoms with Crippen molar-refractivity contribution in [2.75, 3.05) is 0 Å². The molecule has 1 saturated carbocycles. The van der Waals surface area contributed by atoms with Crippen LogP contribution in [0.1, 0.15) is 52.9 Å². The van der Waals surface area contributed by atoms with Gasteiger partial charge >= 0.3 is 0 Å². The van der Waals surface area contributed by atoms with Gasteiger partial charge in [-0.25, -0.2) is 0 Å². The van der Waals surface area contributed by atoms with E-state index in [1.165, 1.54) is 25.7 Å². The molecule has 1 aliphatic carbocycles. The molecule has 1 N–H and O–H groups in total. The van der Waals surface area contributed by atoms with Crippen LogP contribution in [-0.2, 0) is 0 Å². The molecule has 0 amide bonds. The summed E-state index contributed by atoms with van der Waals surface area (Å²) >= 11 is 0. The fraction of sp³-hybridized carbons (Fsp3) is 0.923. The van der Waals surface area contributed by atoms with Gasteiger partial charge in [-0.15, -0.1) is 0 Å². The van der Waals surface area contributed by atoms with Crippen molar-refractivity contribution >= 4 is 0 Å². The Bertz CT molecular complexity index is 209. The molecule has 0 heterocycles. The van der Waals surface area contributed by atoms with Crippen LogP contribution in [0.25, 0.3) is 0 Å². The van der Waals surface area contributed by atoms with Crippen molar-refractivity contribution < 1.29 is 0 Å². The molecule has 1 fully saturated rings. The summed E-state index contributed by atoms with van der Waals surface area (Å²) in [5.74, 6) is 1.76. The minimum Gasteiger partial charge on any atom is -0.310 e. The van der Waals surface area contributed by atoms with Gasteiger partial charge in [-0.2, -0.15) is 5.26 Å². The summed E-state index contributed by atoms with van der Waals surface area (Å²) in [6.07, 6.45) is 5.92. The van der Waals surface area contributed by atoms with Crippen LogP contribution in [0.2, 0.25) is 0 Å². The molecule has 86 valence electrons. The average Bonchev–Trinajstić information content (AvgIpc) is 2.18. The first-order valence-electron chi connectivity index (χ1n) is 6.26. The Balaban J connectivity index is 2.23. The number of rotatable bonds is 4. The van der Waals surface area contributed by atoms with E-state index >= 15 is 0 Å². The molecule has 0 aromatic heterocycles. The van der Waals surface area contributed by atoms with E-state index in [1.807, 2.05) is 0 Å². The van der Waals surface area contributed by atoms with E-state index in [4.69, 9.17) is 5.26 Å². The van der Waals surface area contributed by atoms with Gasteiger partial charge in [0.05, 0.1) is 12.5 Å². The maximum Gasteiger partial charge on any atom is 0.0638 e. The smallest absolute Gasteiger partial charge is 0.0638 e. The zero-order valence-electron chi connectivity index (χ0n) is 10.3. The Morgan fingerprint density at radius 1 is 1.20 bits per heavy atom. The number of nitrogens with one attached hydrogen (secondary N) is 1. The number of hydrogen-bond donors (Lipinski definition) is 1. The van der Waals surface area contributed by atoms with E-state index in [0.29, 0.717) is 18.5 Å². The molecule has 15 heavy (non-hydrogen) atoms. The second-order valence-electron chi connectivity index (χ2n) is 5.29. The van der Waals surface area contributed by atoms with Crippen LogP contribution >= 0.6 is 0 Å². The van der Waals surface area contributed by atoms with Gasteiger partial charge in [0.2, 0.25) is 0 Å². The molecule has 2 heteroatoms. The lowest BCUT2D eigenvalue weighted by molar-refractivity contribution is 0.231. The summed E-state index contributed by atoms with van der Waals surface area (Å²) in [7, 11) is 0. The molecule has 2 nitrogen and oxygen atoms in total. The molecule has 0 aromatic carbocycles. The first-order valence-corrected chi connectivity index (χ1v) is 6.26. The Labute approximate surface area is 94.1 Å². The molecule has 0 saturated heterocycles. The van der Waals surface area contributed by atoms with Gasteiger partial charge in [-0.1, -0.05) is 13.8 Å². The van der Waals surface area contributed by atoms with Crippen LogP contribution in [0.15, 0.2) is 0 Å². The van der Waals surface area contributed by atoms with E-state index in [2.05, 4.69) is 32.2 Å². The van der Waals surface area contributed by atoms with Crippen molar-refractivity contribution in [3.63, 3.8) is 0 Å². The van der Waals surface area contributed by atoms with Gasteiger partial charge < -0.3 is 5.32 Å². The first kappa shape index (κ1) is 12.5. The molecule has 1 aliphatic rings. The van der Waals surface area contributed by atoms with Crippen LogP contribution in [0.4, 0.5) is 0 Å². The van der Waals surface area contributed by atoms with Gasteiger partial charge in [-0.3, -0.25) is 0 Å². The van der Waals surface area contributed by atoms with Crippen LogP contribution in [-0.4, -0.2) is 12.1 Å². The predicted octanol–water partition coefficient (Wildman–Crippen LogP) is 3.09. The van der Waals surface area contributed by atoms with Gasteiger partial charge in [0.25, 0.3) is 0 Å². The first-order chi connectivity index (χ1) is 7.13. The number of hydrogen-bond acceptors (Lipinski definition) is 2. The molecular weight excluding hydrogens is 184 g/mol. The molecule has 0 radical (unpaired) electrons. The monoisotopic (exact) mass is 208 g/mol. The Hall–Kier alpha value is -0.550. The third-order valence-electron chi connectivity index (χ3n) is 3.63. The zero-order chi connectivity index (χ0) is 11.3. The number of nitrogens with zero attached hydrogens (tertiary/aromatic N) is 1. The summed E-state index contributed by atoms with van der Waals surface area (Å²) in [6.45, 7) is 6.77. The SMILES string of the molecule is CC(CC#N)NC1CCC(C(C)C)CC1. The summed E-state index contributed by atoms with van der Waals surface area (Å²) in [6, 6.07) is 3.23. The summed E-state index contributed by atoms with van der Waals surface area (Å²) in [4.78, 5) is 0. The van der Waals surface area contributed by atoms with E-state index in [0.717, 1.165) is 11.8 Å². The molecule has 0 spiro atoms. The van der Waals surface area contributed by atoms with E-state index in [1.54, 1.807) is 0 Å². The van der Waals surface area contributed by atoms with Crippen molar-refractivity contribution in [1.82, 2.24) is 5.32 Å². The summed E-state index contributed by atoms with van der Waals surface area (Å²) < 4.78 is 0. The second-order valence-corrected chi connectivity index (χ2v) is 5.29. The lowest BCUT2D eigenvalue weighted by Gasteiger charge is -2.32. The molecule has 1 atom stereocenters. The second kappa shape index (κ2) is 6.12. The average molecular weight is 208 g/mol. The highest BCUT2D eigenvalue weighted by Gasteiger charge is 2.23. The lowest BCUT2D eigenvalue weighted by atomic mass is 9.79. The summed E-state index contributed by atoms with van der Waals surface area (Å²) in [5.41, 5.74) is 0. The van der Waals surface area contributed by atoms with Gasteiger partial charge in [-0.05, 0) is 44.4 Å². The van der Waals surface area contributed by atoms with Gasteiger partial charge in [0, 0.05) is 12.1 Å². The zero-order valence-corrected chi connectivity index (χ0v) is 10.3. The molecule has 0 aromatic rings. The maximum atomic E-state index is 8.59. The van der Waals surface area contributed by atoms with Crippen molar-refractivity contribution in [3.05, 3.63) is 0 Å². The van der Waals surface area contributed by atoms with Gasteiger partial charge in [0.15, 0.2) is 0 Å². The molecule has 0 aliphatic heterocycles. The highest BCUT2D eigenvalue weighted by molar-refractivity contribution is 4.84.